The van der Waals surface area contributed by atoms with Crippen molar-refractivity contribution in [2.45, 2.75) is 200 Å². The summed E-state index contributed by atoms with van der Waals surface area (Å²) in [6.07, 6.45) is 19.1. The average Bonchev–Trinajstić information content (AvgIpc) is 1.52. The van der Waals surface area contributed by atoms with Gasteiger partial charge < -0.3 is 81.6 Å². The number of carbonyl (C=O) groups excluding carboxylic acids is 6. The Balaban J connectivity index is 0.000000140. The van der Waals surface area contributed by atoms with E-state index in [9.17, 15) is 67.7 Å². The number of fused-ring (bicyclic) bond motifs is 14. The number of Topliss-reactive ketones (excluding diaryl/α,β-unsaturated/α-hetero) is 2. The topological polar surface area (TPSA) is 540 Å². The number of ether oxygens (including phenoxy) is 4. The largest absolute Gasteiger partial charge is 0.495 e. The summed E-state index contributed by atoms with van der Waals surface area (Å²) in [7, 11) is -2.79. The van der Waals surface area contributed by atoms with E-state index in [2.05, 4.69) is 73.5 Å². The molecule has 1 aliphatic heterocycles. The fraction of sp³-hybridized carbons (Fsp3) is 0.469. The van der Waals surface area contributed by atoms with Crippen LogP contribution in [0.1, 0.15) is 191 Å². The summed E-state index contributed by atoms with van der Waals surface area (Å²) < 4.78 is 49.2. The molecule has 694 valence electrons. The second-order valence-corrected chi connectivity index (χ2v) is 38.2. The van der Waals surface area contributed by atoms with Crippen LogP contribution in [0.3, 0.4) is 0 Å². The number of aliphatic hydroxyl groups excluding tert-OH is 3. The quantitative estimate of drug-likeness (QED) is 0.0280. The third kappa shape index (κ3) is 19.0. The number of methoxy groups -OCH3 is 1. The minimum absolute atomic E-state index is 0.00975. The summed E-state index contributed by atoms with van der Waals surface area (Å²) in [5.74, 6) is 2.42. The SMILES string of the molecule is CC(=O)[C@@]1(O)CC[C@H]2[C@@H]3C[C@H](C)C4=CC(=O)CC[C@]4(C)[C@H]3CC[C@@]21C.CC1O[C@@H]2C[C@H]3[C@@H]4CCC5=CC(=O)C=C[C@]5(C)[C@H]4[C@@H](O)C[C@]3(C)[C@]2(C(=O)CO)O1.CC[C@H](CC#N)OC(=O)N[C@@H](C)c1cccc(NC(=O)Nc2ccc(C#N)c(OC)c2)c1.Nc1nc2c([C@@H](CO)c3ccccc3F)c[nH]c2c(=O)[nH]1.Nc1nc2c([nH]c[n+]2Cc2ccccc2/C=C/P(=O)(O)O)c(=O)[nH]1. The average molecular weight is 1820 g/mol. The third-order valence-electron chi connectivity index (χ3n) is 29.4. The van der Waals surface area contributed by atoms with Crippen LogP contribution in [-0.4, -0.2) is 152 Å². The smallest absolute Gasteiger partial charge is 0.407 e. The highest BCUT2D eigenvalue weighted by atomic mass is 31.2. The molecule has 33 nitrogen and oxygen atoms in total. The highest BCUT2D eigenvalue weighted by Crippen LogP contribution is 2.71. The zero-order valence-corrected chi connectivity index (χ0v) is 75.7. The van der Waals surface area contributed by atoms with Crippen LogP contribution >= 0.6 is 7.60 Å². The Morgan fingerprint density at radius 3 is 2.21 bits per heavy atom. The number of aromatic nitrogens is 7. The number of H-pyrrole nitrogens is 4. The van der Waals surface area contributed by atoms with Crippen LogP contribution in [0, 0.1) is 91.6 Å². The van der Waals surface area contributed by atoms with Crippen LogP contribution < -0.4 is 47.8 Å². The van der Waals surface area contributed by atoms with Gasteiger partial charge in [0.2, 0.25) is 11.5 Å². The Bertz CT molecular complexity index is 6120. The predicted molar refractivity (Wildman–Crippen MR) is 484 cm³/mol. The number of allylic oxidation sites excluding steroid dienone is 5. The summed E-state index contributed by atoms with van der Waals surface area (Å²) in [5, 5.41) is 68.0. The van der Waals surface area contributed by atoms with Gasteiger partial charge in [0.1, 0.15) is 47.0 Å². The first-order valence-corrected chi connectivity index (χ1v) is 45.8. The molecule has 17 rings (SSSR count). The first kappa shape index (κ1) is 96.6. The van der Waals surface area contributed by atoms with E-state index in [1.165, 1.54) is 24.8 Å². The molecule has 8 aliphatic carbocycles. The van der Waals surface area contributed by atoms with Crippen molar-refractivity contribution in [3.05, 3.63) is 205 Å². The lowest BCUT2D eigenvalue weighted by atomic mass is 9.45. The molecule has 5 heterocycles. The van der Waals surface area contributed by atoms with E-state index >= 15 is 0 Å². The lowest BCUT2D eigenvalue weighted by molar-refractivity contribution is -0.664. The maximum absolute atomic E-state index is 13.9. The molecule has 17 N–H and O–H groups in total. The molecule has 7 fully saturated rings. The van der Waals surface area contributed by atoms with E-state index in [4.69, 9.17) is 50.7 Å². The number of amides is 3. The molecule has 9 aliphatic rings. The van der Waals surface area contributed by atoms with Crippen molar-refractivity contribution in [1.29, 1.82) is 10.5 Å². The normalized spacial score (nSPS) is 28.8. The van der Waals surface area contributed by atoms with E-state index in [0.717, 1.165) is 67.5 Å². The number of nitrogens with zero attached hydrogens (tertiary/aromatic N) is 5. The maximum Gasteiger partial charge on any atom is 0.407 e. The summed E-state index contributed by atoms with van der Waals surface area (Å²) in [4.78, 5) is 134. The number of rotatable bonds is 18. The third-order valence-corrected chi connectivity index (χ3v) is 29.9. The number of aromatic amines is 4. The Morgan fingerprint density at radius 1 is 0.824 bits per heavy atom. The molecule has 131 heavy (non-hydrogen) atoms. The number of benzene rings is 4. The Kier molecular flexibility index (Phi) is 28.6. The van der Waals surface area contributed by atoms with Crippen LogP contribution in [0.4, 0.5) is 37.3 Å². The van der Waals surface area contributed by atoms with Crippen LogP contribution in [0.15, 0.2) is 154 Å². The van der Waals surface area contributed by atoms with Crippen molar-refractivity contribution < 1.29 is 91.5 Å². The lowest BCUT2D eigenvalue weighted by Gasteiger charge is -2.60. The molecule has 1 unspecified atom stereocenters. The van der Waals surface area contributed by atoms with Gasteiger partial charge in [-0.05, 0) is 209 Å². The molecule has 4 aromatic heterocycles. The molecule has 0 bridgehead atoms. The Labute approximate surface area is 756 Å². The van der Waals surface area contributed by atoms with Gasteiger partial charge in [-0.3, -0.25) is 48.3 Å². The molecule has 35 heteroatoms. The number of aliphatic hydroxyl groups is 4. The molecule has 3 amide bonds. The molecule has 8 aromatic rings. The summed E-state index contributed by atoms with van der Waals surface area (Å²) >= 11 is 0. The van der Waals surface area contributed by atoms with Gasteiger partial charge in [-0.2, -0.15) is 10.5 Å². The Hall–Kier alpha value is -12.0. The van der Waals surface area contributed by atoms with Gasteiger partial charge in [0.05, 0.1) is 56.6 Å². The number of hydrogen-bond acceptors (Lipinski definition) is 23. The molecule has 0 spiro atoms. The highest BCUT2D eigenvalue weighted by Gasteiger charge is 2.76. The summed E-state index contributed by atoms with van der Waals surface area (Å²) in [5.41, 5.74) is 15.1. The molecule has 1 saturated heterocycles. The van der Waals surface area contributed by atoms with Crippen LogP contribution in [0.5, 0.6) is 5.75 Å². The second-order valence-electron chi connectivity index (χ2n) is 36.7. The second kappa shape index (κ2) is 38.8. The van der Waals surface area contributed by atoms with Crippen LogP contribution in [-0.2, 0) is 44.5 Å². The minimum Gasteiger partial charge on any atom is -0.495 e. The van der Waals surface area contributed by atoms with Gasteiger partial charge in [-0.25, -0.2) is 23.5 Å². The predicted octanol–water partition coefficient (Wildman–Crippen LogP) is 12.1. The minimum atomic E-state index is -4.24. The number of anilines is 4. The standard InChI is InChI=1S/C23H25N5O4.C23H30O6.C22H32O3.C14H13FN4O2.C14H14N5O4P/c1-4-20(10-11-24)32-23(30)26-15(2)16-6-5-7-18(12-16)27-22(29)28-19-9-8-17(14-25)21(13-19)31-3;1-12-28-19-9-16-15-5-4-13-8-14(25)6-7-21(13,2)20(15)17(26)10-22(16,3)23(19,29-12)18(27)11-24;1-13-11-16-17(20(3)8-5-15(24)12-19(13)20)6-9-21(4)18(16)7-10-22(21,25)14(2)23;15-10-4-2-1-3-7(10)9(6-20)8-5-17-12-11(8)18-14(16)19-13(12)21;15-14-17-12-11(13(20)18-14)16-8-19(12)7-10-4-2-1-3-9(10)5-6-24(21,22)23/h5-9,12-13,15,20H,4,10H2,1-3H3,(H,26,30)(H2,27,28,29);6-8,12,15-17,19-20,24,26H,4-5,9-11H2,1-3H3;12-13,16-18,25H,5-11H2,1-4H3;1-5,9,17,20H,6H2,(H3,16,18,19,21);1-6,8H,7H2,(H5,15,17,18,20,21,22,23)/p+1/b;;;;6-5+/t15-,20+;12?,15-,16-,17-,19+,20+,21-,22-,23+;13-,16+,17-,18-,20+,21-,22-;9-;/m0000./s1. The van der Waals surface area contributed by atoms with Crippen LogP contribution in [0.25, 0.3) is 28.3 Å². The molecule has 19 atom stereocenters. The van der Waals surface area contributed by atoms with Crippen molar-refractivity contribution in [3.63, 3.8) is 0 Å². The highest BCUT2D eigenvalue weighted by molar-refractivity contribution is 7.55. The number of ketones is 4. The number of imidazole rings is 1. The fourth-order valence-electron chi connectivity index (χ4n) is 23.1. The van der Waals surface area contributed by atoms with Gasteiger partial charge in [0, 0.05) is 69.5 Å². The number of nitrogen functional groups attached to an aromatic ring is 2. The molecule has 0 radical (unpaired) electrons. The first-order valence-electron chi connectivity index (χ1n) is 44.1. The van der Waals surface area contributed by atoms with Gasteiger partial charge in [0.25, 0.3) is 17.1 Å². The number of urea groups is 1. The van der Waals surface area contributed by atoms with E-state index in [0.29, 0.717) is 124 Å². The van der Waals surface area contributed by atoms with Crippen molar-refractivity contribution in [1.82, 2.24) is 35.2 Å². The van der Waals surface area contributed by atoms with Gasteiger partial charge in [-0.15, -0.1) is 0 Å². The van der Waals surface area contributed by atoms with Crippen LogP contribution in [0.2, 0.25) is 0 Å². The van der Waals surface area contributed by atoms with E-state index in [1.54, 1.807) is 117 Å². The molecular weight excluding hydrogens is 1700 g/mol. The maximum atomic E-state index is 13.9. The number of alkyl carbamates (subject to hydrolysis) is 1. The number of nitriles is 2. The fourth-order valence-corrected chi connectivity index (χ4v) is 23.4. The number of nitrogens with two attached hydrogens (primary N) is 2. The molecule has 6 saturated carbocycles. The monoisotopic (exact) mass is 1820 g/mol. The first-order chi connectivity index (χ1) is 62.1. The van der Waals surface area contributed by atoms with Crippen molar-refractivity contribution >= 4 is 94.4 Å². The van der Waals surface area contributed by atoms with Crippen molar-refractivity contribution in [3.8, 4) is 17.9 Å². The Morgan fingerprint density at radius 2 is 1.53 bits per heavy atom. The van der Waals surface area contributed by atoms with Crippen molar-refractivity contribution in [2.75, 3.05) is 42.4 Å². The number of halogens is 1. The lowest BCUT2D eigenvalue weighted by Crippen LogP contribution is -2.63. The summed E-state index contributed by atoms with van der Waals surface area (Å²) in [6, 6.07) is 28.2. The van der Waals surface area contributed by atoms with Gasteiger partial charge >= 0.3 is 25.4 Å². The number of hydrogen-bond donors (Lipinski definition) is 15. The zero-order chi connectivity index (χ0) is 94.8. The summed E-state index contributed by atoms with van der Waals surface area (Å²) in [6.45, 7) is 17.4. The molecular formula is C96H115FN14O19P+. The van der Waals surface area contributed by atoms with E-state index < -0.39 is 84.8 Å². The zero-order valence-electron chi connectivity index (χ0n) is 74.8. The number of carbonyl (C=O) groups is 6. The van der Waals surface area contributed by atoms with Gasteiger partial charge in [0.15, 0.2) is 41.4 Å². The van der Waals surface area contributed by atoms with E-state index in [-0.39, 0.29) is 93.4 Å². The van der Waals surface area contributed by atoms with E-state index in [1.807, 2.05) is 56.3 Å². The number of nitrogens with one attached hydrogen (secondary N) is 7. The van der Waals surface area contributed by atoms with Crippen molar-refractivity contribution in [2.24, 2.45) is 63.1 Å². The molecule has 4 aromatic carbocycles. The van der Waals surface area contributed by atoms with Gasteiger partial charge in [-0.1, -0.05) is 118 Å².